The standard InChI is InChI=1S/C64H72O18/c1-42(65)77-60-56(72-35-46-25-13-5-14-26-46)53(67)50(39-70-33-44-21-9-3-10-22-44)80-63(60)76-41-52-55(58(74-37-48-29-17-7-18-30-48)59(62(69)79-52)75-38-49-31-19-8-20-32-49)82-64-61(78-43(2)66)57(73-36-47-27-15-6-16-28-47)54(68)51(81-64)40-71-34-45-23-11-4-12-24-45/h3-32,50-64,67-69H,33-41H2,1-2H3. The Morgan fingerprint density at radius 3 is 1.06 bits per heavy atom. The summed E-state index contributed by atoms with van der Waals surface area (Å²) in [7, 11) is 0. The number of carbonyl (C=O) groups excluding carboxylic acids is 2. The van der Waals surface area contributed by atoms with Gasteiger partial charge < -0.3 is 76.9 Å². The summed E-state index contributed by atoms with van der Waals surface area (Å²) in [5.41, 5.74) is 4.89. The molecule has 3 heterocycles. The van der Waals surface area contributed by atoms with Crippen LogP contribution in [0.3, 0.4) is 0 Å². The van der Waals surface area contributed by atoms with Crippen molar-refractivity contribution in [2.45, 2.75) is 146 Å². The average molecular weight is 1130 g/mol. The van der Waals surface area contributed by atoms with E-state index in [1.165, 1.54) is 13.8 Å². The highest BCUT2D eigenvalue weighted by atomic mass is 16.8. The highest BCUT2D eigenvalue weighted by molar-refractivity contribution is 5.66. The van der Waals surface area contributed by atoms with Crippen LogP contribution in [-0.4, -0.2) is 139 Å². The van der Waals surface area contributed by atoms with Gasteiger partial charge in [0.2, 0.25) is 0 Å². The van der Waals surface area contributed by atoms with E-state index in [0.29, 0.717) is 0 Å². The van der Waals surface area contributed by atoms with E-state index in [9.17, 15) is 24.9 Å². The third kappa shape index (κ3) is 17.2. The lowest BCUT2D eigenvalue weighted by atomic mass is 9.96. The molecule has 0 aliphatic carbocycles. The lowest BCUT2D eigenvalue weighted by molar-refractivity contribution is -0.374. The van der Waals surface area contributed by atoms with Crippen LogP contribution in [-0.2, 0) is 111 Å². The summed E-state index contributed by atoms with van der Waals surface area (Å²) in [6.07, 6.45) is -20.1. The van der Waals surface area contributed by atoms with Crippen LogP contribution in [0.5, 0.6) is 0 Å². The second-order valence-corrected chi connectivity index (χ2v) is 20.3. The van der Waals surface area contributed by atoms with Crippen LogP contribution in [0.1, 0.15) is 47.2 Å². The molecule has 6 aromatic carbocycles. The molecule has 18 nitrogen and oxygen atoms in total. The lowest BCUT2D eigenvalue weighted by Gasteiger charge is -2.49. The van der Waals surface area contributed by atoms with Gasteiger partial charge in [0, 0.05) is 13.8 Å². The highest BCUT2D eigenvalue weighted by Gasteiger charge is 2.55. The number of hydrogen-bond acceptors (Lipinski definition) is 18. The second kappa shape index (κ2) is 30.8. The van der Waals surface area contributed by atoms with Crippen molar-refractivity contribution in [1.29, 1.82) is 0 Å². The maximum absolute atomic E-state index is 13.2. The molecule has 18 heteroatoms. The van der Waals surface area contributed by atoms with Crippen molar-refractivity contribution in [1.82, 2.24) is 0 Å². The van der Waals surface area contributed by atoms with Gasteiger partial charge in [-0.1, -0.05) is 182 Å². The van der Waals surface area contributed by atoms with Crippen LogP contribution >= 0.6 is 0 Å². The SMILES string of the molecule is CC(=O)OC1C(OCC2OC(O)C(OCc3ccccc3)C(OCc3ccccc3)C2OC2OC(COCc3ccccc3)C(O)C(OCc3ccccc3)C2OC(C)=O)OC(COCc2ccccc2)C(O)C1OCc1ccccc1. The van der Waals surface area contributed by atoms with Gasteiger partial charge in [0.05, 0.1) is 59.5 Å². The van der Waals surface area contributed by atoms with Gasteiger partial charge in [0.15, 0.2) is 31.1 Å². The smallest absolute Gasteiger partial charge is 0.303 e. The fourth-order valence-corrected chi connectivity index (χ4v) is 10.0. The van der Waals surface area contributed by atoms with Crippen LogP contribution in [0.4, 0.5) is 0 Å². The molecule has 3 N–H and O–H groups in total. The minimum Gasteiger partial charge on any atom is -0.454 e. The summed E-state index contributed by atoms with van der Waals surface area (Å²) >= 11 is 0. The maximum Gasteiger partial charge on any atom is 0.303 e. The van der Waals surface area contributed by atoms with Crippen molar-refractivity contribution in [3.8, 4) is 0 Å². The maximum atomic E-state index is 13.2. The molecule has 0 aromatic heterocycles. The second-order valence-electron chi connectivity index (χ2n) is 20.3. The lowest BCUT2D eigenvalue weighted by Crippen LogP contribution is -2.66. The van der Waals surface area contributed by atoms with E-state index >= 15 is 0 Å². The van der Waals surface area contributed by atoms with E-state index in [-0.39, 0.29) is 52.9 Å². The van der Waals surface area contributed by atoms with E-state index in [1.807, 2.05) is 182 Å². The monoisotopic (exact) mass is 1130 g/mol. The molecule has 9 rings (SSSR count). The van der Waals surface area contributed by atoms with Gasteiger partial charge in [0.25, 0.3) is 0 Å². The summed E-state index contributed by atoms with van der Waals surface area (Å²) in [6.45, 7) is 2.12. The Hall–Kier alpha value is -6.30. The Morgan fingerprint density at radius 1 is 0.354 bits per heavy atom. The van der Waals surface area contributed by atoms with E-state index in [2.05, 4.69) is 0 Å². The average Bonchev–Trinajstić information content (AvgIpc) is 3.63. The third-order valence-corrected chi connectivity index (χ3v) is 14.1. The molecule has 82 heavy (non-hydrogen) atoms. The minimum atomic E-state index is -1.68. The van der Waals surface area contributed by atoms with Crippen molar-refractivity contribution >= 4 is 11.9 Å². The zero-order valence-corrected chi connectivity index (χ0v) is 45.8. The van der Waals surface area contributed by atoms with Gasteiger partial charge in [0.1, 0.15) is 61.0 Å². The first-order valence-corrected chi connectivity index (χ1v) is 27.5. The number of aliphatic hydroxyl groups excluding tert-OH is 3. The number of ether oxygens (including phenoxy) is 13. The van der Waals surface area contributed by atoms with Crippen LogP contribution in [0.25, 0.3) is 0 Å². The Morgan fingerprint density at radius 2 is 0.683 bits per heavy atom. The molecule has 0 amide bonds. The minimum absolute atomic E-state index is 0.00349. The summed E-state index contributed by atoms with van der Waals surface area (Å²) in [5, 5.41) is 36.4. The number of benzene rings is 6. The molecule has 15 unspecified atom stereocenters. The van der Waals surface area contributed by atoms with Crippen molar-refractivity contribution in [3.63, 3.8) is 0 Å². The van der Waals surface area contributed by atoms with Crippen molar-refractivity contribution < 1.29 is 86.5 Å². The summed E-state index contributed by atoms with van der Waals surface area (Å²) in [4.78, 5) is 26.2. The quantitative estimate of drug-likeness (QED) is 0.0447. The van der Waals surface area contributed by atoms with E-state index in [1.54, 1.807) is 0 Å². The topological polar surface area (TPSA) is 215 Å². The predicted molar refractivity (Wildman–Crippen MR) is 294 cm³/mol. The number of esters is 2. The molecule has 6 aromatic rings. The number of hydrogen-bond donors (Lipinski definition) is 3. The molecule has 0 saturated carbocycles. The van der Waals surface area contributed by atoms with Gasteiger partial charge in [-0.25, -0.2) is 0 Å². The van der Waals surface area contributed by atoms with E-state index in [4.69, 9.17) is 61.6 Å². The first-order valence-electron chi connectivity index (χ1n) is 27.5. The molecule has 0 bridgehead atoms. The van der Waals surface area contributed by atoms with Gasteiger partial charge in [-0.15, -0.1) is 0 Å². The molecule has 0 radical (unpaired) electrons. The molecule has 3 aliphatic rings. The molecule has 436 valence electrons. The molecule has 0 spiro atoms. The Kier molecular flexibility index (Phi) is 22.7. The molecule has 3 saturated heterocycles. The van der Waals surface area contributed by atoms with Crippen molar-refractivity contribution in [3.05, 3.63) is 215 Å². The fourth-order valence-electron chi connectivity index (χ4n) is 10.0. The zero-order chi connectivity index (χ0) is 57.0. The Bertz CT molecular complexity index is 2790. The first kappa shape index (κ1) is 60.3. The van der Waals surface area contributed by atoms with Crippen LogP contribution in [0.2, 0.25) is 0 Å². The van der Waals surface area contributed by atoms with E-state index in [0.717, 1.165) is 33.4 Å². The summed E-state index contributed by atoms with van der Waals surface area (Å²) in [6, 6.07) is 56.3. The third-order valence-electron chi connectivity index (χ3n) is 14.1. The largest absolute Gasteiger partial charge is 0.454 e. The molecule has 3 aliphatic heterocycles. The zero-order valence-electron chi connectivity index (χ0n) is 45.8. The molecular weight excluding hydrogens is 1060 g/mol. The summed E-state index contributed by atoms with van der Waals surface area (Å²) in [5.74, 6) is -1.43. The number of aliphatic hydroxyl groups is 3. The predicted octanol–water partition coefficient (Wildman–Crippen LogP) is 6.92. The molecular formula is C64H72O18. The molecule has 15 atom stereocenters. The molecule has 3 fully saturated rings. The van der Waals surface area contributed by atoms with Crippen LogP contribution in [0, 0.1) is 0 Å². The number of carbonyl (C=O) groups is 2. The fraction of sp³-hybridized carbons (Fsp3) is 0.406. The van der Waals surface area contributed by atoms with Crippen LogP contribution in [0.15, 0.2) is 182 Å². The van der Waals surface area contributed by atoms with Crippen LogP contribution < -0.4 is 0 Å². The Balaban J connectivity index is 1.07. The highest BCUT2D eigenvalue weighted by Crippen LogP contribution is 2.36. The first-order chi connectivity index (χ1) is 40.1. The van der Waals surface area contributed by atoms with E-state index < -0.39 is 111 Å². The van der Waals surface area contributed by atoms with Gasteiger partial charge in [-0.05, 0) is 33.4 Å². The number of rotatable bonds is 27. The normalized spacial score (nSPS) is 28.2. The van der Waals surface area contributed by atoms with Gasteiger partial charge >= 0.3 is 11.9 Å². The summed E-state index contributed by atoms with van der Waals surface area (Å²) < 4.78 is 83.9. The van der Waals surface area contributed by atoms with Crippen molar-refractivity contribution in [2.75, 3.05) is 19.8 Å². The van der Waals surface area contributed by atoms with Crippen molar-refractivity contribution in [2.24, 2.45) is 0 Å². The van der Waals surface area contributed by atoms with Gasteiger partial charge in [-0.3, -0.25) is 9.59 Å². The Labute approximate surface area is 477 Å². The van der Waals surface area contributed by atoms with Gasteiger partial charge in [-0.2, -0.15) is 0 Å².